The lowest BCUT2D eigenvalue weighted by molar-refractivity contribution is 0.0695. The normalized spacial score (nSPS) is 12.4. The number of aliphatic hydroxyl groups is 1. The van der Waals surface area contributed by atoms with Gasteiger partial charge in [0, 0.05) is 51.1 Å². The minimum atomic E-state index is -0.506. The first-order valence-electron chi connectivity index (χ1n) is 6.94. The Labute approximate surface area is 135 Å². The number of methoxy groups -OCH3 is 2. The van der Waals surface area contributed by atoms with Gasteiger partial charge in [-0.15, -0.1) is 0 Å². The minimum absolute atomic E-state index is 0.333. The molecule has 0 aliphatic heterocycles. The monoisotopic (exact) mass is 360 g/mol. The van der Waals surface area contributed by atoms with Crippen LogP contribution in [0, 0.1) is 0 Å². The van der Waals surface area contributed by atoms with E-state index >= 15 is 0 Å². The number of likely N-dealkylation sites (N-methyl/N-ethyl adjacent to an activating group) is 1. The number of anilines is 1. The van der Waals surface area contributed by atoms with Crippen LogP contribution in [0.15, 0.2) is 22.7 Å². The van der Waals surface area contributed by atoms with Crippen LogP contribution in [0.2, 0.25) is 0 Å². The van der Waals surface area contributed by atoms with Crippen LogP contribution in [0.25, 0.3) is 0 Å². The first-order chi connectivity index (χ1) is 10.1. The molecule has 1 atom stereocenters. The molecular weight excluding hydrogens is 336 g/mol. The van der Waals surface area contributed by atoms with Crippen molar-refractivity contribution in [2.24, 2.45) is 0 Å². The number of nitrogens with one attached hydrogen (secondary N) is 1. The summed E-state index contributed by atoms with van der Waals surface area (Å²) in [5.41, 5.74) is 2.27. The molecule has 1 aromatic rings. The molecule has 0 saturated heterocycles. The third-order valence-electron chi connectivity index (χ3n) is 3.10. The van der Waals surface area contributed by atoms with E-state index in [9.17, 15) is 5.11 Å². The molecule has 0 aliphatic rings. The molecule has 0 saturated carbocycles. The van der Waals surface area contributed by atoms with Gasteiger partial charge in [0.25, 0.3) is 0 Å². The second-order valence-electron chi connectivity index (χ2n) is 4.93. The highest BCUT2D eigenvalue weighted by atomic mass is 79.9. The predicted molar refractivity (Wildman–Crippen MR) is 88.9 cm³/mol. The van der Waals surface area contributed by atoms with E-state index in [1.165, 1.54) is 5.56 Å². The van der Waals surface area contributed by atoms with Gasteiger partial charge in [-0.1, -0.05) is 22.0 Å². The van der Waals surface area contributed by atoms with Gasteiger partial charge in [0.15, 0.2) is 0 Å². The van der Waals surface area contributed by atoms with Gasteiger partial charge in [-0.05, 0) is 17.7 Å². The summed E-state index contributed by atoms with van der Waals surface area (Å²) in [6, 6.07) is 6.17. The van der Waals surface area contributed by atoms with E-state index in [1.807, 2.05) is 18.0 Å². The maximum Gasteiger partial charge on any atom is 0.0947 e. The van der Waals surface area contributed by atoms with Crippen molar-refractivity contribution in [3.63, 3.8) is 0 Å². The summed E-state index contributed by atoms with van der Waals surface area (Å²) < 4.78 is 11.0. The van der Waals surface area contributed by atoms with Gasteiger partial charge in [-0.25, -0.2) is 0 Å². The third-order valence-corrected chi connectivity index (χ3v) is 3.59. The van der Waals surface area contributed by atoms with Crippen molar-refractivity contribution in [3.8, 4) is 0 Å². The summed E-state index contributed by atoms with van der Waals surface area (Å²) >= 11 is 3.50. The van der Waals surface area contributed by atoms with E-state index in [-0.39, 0.29) is 0 Å². The Morgan fingerprint density at radius 1 is 1.33 bits per heavy atom. The van der Waals surface area contributed by atoms with Crippen molar-refractivity contribution in [2.45, 2.75) is 12.6 Å². The Bertz CT molecular complexity index is 418. The molecule has 2 N–H and O–H groups in total. The van der Waals surface area contributed by atoms with Gasteiger partial charge in [-0.3, -0.25) is 0 Å². The van der Waals surface area contributed by atoms with Crippen LogP contribution < -0.4 is 10.2 Å². The zero-order valence-corrected chi connectivity index (χ0v) is 14.5. The van der Waals surface area contributed by atoms with Gasteiger partial charge < -0.3 is 24.8 Å². The van der Waals surface area contributed by atoms with Crippen molar-refractivity contribution >= 4 is 21.6 Å². The van der Waals surface area contributed by atoms with E-state index in [0.29, 0.717) is 19.8 Å². The van der Waals surface area contributed by atoms with Crippen LogP contribution in [0.3, 0.4) is 0 Å². The first kappa shape index (κ1) is 18.4. The van der Waals surface area contributed by atoms with E-state index < -0.39 is 6.10 Å². The van der Waals surface area contributed by atoms with Gasteiger partial charge in [0.05, 0.1) is 19.3 Å². The van der Waals surface area contributed by atoms with Crippen molar-refractivity contribution in [3.05, 3.63) is 28.2 Å². The summed E-state index contributed by atoms with van der Waals surface area (Å²) in [5.74, 6) is 0. The largest absolute Gasteiger partial charge is 0.389 e. The van der Waals surface area contributed by atoms with Crippen LogP contribution in [0.4, 0.5) is 5.69 Å². The van der Waals surface area contributed by atoms with Crippen molar-refractivity contribution < 1.29 is 14.6 Å². The molecule has 5 nitrogen and oxygen atoms in total. The van der Waals surface area contributed by atoms with E-state index in [0.717, 1.165) is 23.2 Å². The zero-order valence-electron chi connectivity index (χ0n) is 12.9. The van der Waals surface area contributed by atoms with Crippen LogP contribution in [-0.4, -0.2) is 58.8 Å². The number of rotatable bonds is 10. The number of hydrogen-bond donors (Lipinski definition) is 2. The smallest absolute Gasteiger partial charge is 0.0947 e. The van der Waals surface area contributed by atoms with E-state index in [1.54, 1.807) is 14.2 Å². The molecule has 1 rings (SSSR count). The van der Waals surface area contributed by atoms with E-state index in [4.69, 9.17) is 9.47 Å². The maximum absolute atomic E-state index is 9.88. The lowest BCUT2D eigenvalue weighted by Gasteiger charge is -2.25. The highest BCUT2D eigenvalue weighted by Crippen LogP contribution is 2.24. The number of halogens is 1. The number of hydrogen-bond acceptors (Lipinski definition) is 5. The fourth-order valence-corrected chi connectivity index (χ4v) is 2.45. The maximum atomic E-state index is 9.88. The molecule has 0 aromatic heterocycles. The lowest BCUT2D eigenvalue weighted by atomic mass is 10.1. The number of benzene rings is 1. The van der Waals surface area contributed by atoms with Gasteiger partial charge in [-0.2, -0.15) is 0 Å². The fourth-order valence-electron chi connectivity index (χ4n) is 2.10. The molecule has 1 aromatic carbocycles. The molecule has 0 bridgehead atoms. The highest BCUT2D eigenvalue weighted by Gasteiger charge is 2.12. The Morgan fingerprint density at radius 3 is 2.76 bits per heavy atom. The average molecular weight is 361 g/mol. The van der Waals surface area contributed by atoms with Crippen molar-refractivity contribution in [1.29, 1.82) is 0 Å². The molecule has 1 unspecified atom stereocenters. The van der Waals surface area contributed by atoms with Crippen LogP contribution in [-0.2, 0) is 16.0 Å². The summed E-state index contributed by atoms with van der Waals surface area (Å²) in [4.78, 5) is 2.04. The Balaban J connectivity index is 2.71. The van der Waals surface area contributed by atoms with Crippen LogP contribution in [0.5, 0.6) is 0 Å². The molecular formula is C15H25BrN2O3. The second-order valence-corrected chi connectivity index (χ2v) is 5.85. The highest BCUT2D eigenvalue weighted by molar-refractivity contribution is 9.10. The lowest BCUT2D eigenvalue weighted by Crippen LogP contribution is -2.33. The quantitative estimate of drug-likeness (QED) is 0.621. The Kier molecular flexibility index (Phi) is 8.87. The van der Waals surface area contributed by atoms with Crippen molar-refractivity contribution in [2.75, 3.05) is 52.5 Å². The SMILES string of the molecule is COCCNCc1ccc(Br)cc1N(C)CC(O)COC. The third kappa shape index (κ3) is 6.76. The fraction of sp³-hybridized carbons (Fsp3) is 0.600. The van der Waals surface area contributed by atoms with Crippen molar-refractivity contribution in [1.82, 2.24) is 5.32 Å². The number of ether oxygens (including phenoxy) is 2. The summed E-state index contributed by atoms with van der Waals surface area (Å²) in [7, 11) is 5.25. The van der Waals surface area contributed by atoms with E-state index in [2.05, 4.69) is 33.4 Å². The van der Waals surface area contributed by atoms with Gasteiger partial charge in [0.2, 0.25) is 0 Å². The molecule has 6 heteroatoms. The summed E-state index contributed by atoms with van der Waals surface area (Å²) in [5, 5.41) is 13.2. The molecule has 21 heavy (non-hydrogen) atoms. The molecule has 0 amide bonds. The molecule has 0 radical (unpaired) electrons. The van der Waals surface area contributed by atoms with Gasteiger partial charge in [0.1, 0.15) is 0 Å². The van der Waals surface area contributed by atoms with Crippen LogP contribution >= 0.6 is 15.9 Å². The molecule has 0 fully saturated rings. The summed E-state index contributed by atoms with van der Waals surface area (Å²) in [6.45, 7) is 3.11. The topological polar surface area (TPSA) is 54.0 Å². The molecule has 120 valence electrons. The predicted octanol–water partition coefficient (Wildman–Crippen LogP) is 1.63. The Hall–Kier alpha value is -0.660. The summed E-state index contributed by atoms with van der Waals surface area (Å²) in [6.07, 6.45) is -0.506. The van der Waals surface area contributed by atoms with Gasteiger partial charge >= 0.3 is 0 Å². The molecule has 0 heterocycles. The number of nitrogens with zero attached hydrogens (tertiary/aromatic N) is 1. The molecule has 0 spiro atoms. The van der Waals surface area contributed by atoms with Crippen LogP contribution in [0.1, 0.15) is 5.56 Å². The average Bonchev–Trinajstić information content (AvgIpc) is 2.45. The standard InChI is InChI=1S/C15H25BrN2O3/c1-18(10-14(19)11-21-3)15-8-13(16)5-4-12(15)9-17-6-7-20-2/h4-5,8,14,17,19H,6-7,9-11H2,1-3H3. The second kappa shape index (κ2) is 10.1. The number of aliphatic hydroxyl groups excluding tert-OH is 1. The first-order valence-corrected chi connectivity index (χ1v) is 7.74. The zero-order chi connectivity index (χ0) is 15.7. The molecule has 0 aliphatic carbocycles. The minimum Gasteiger partial charge on any atom is -0.389 e. The Morgan fingerprint density at radius 2 is 2.10 bits per heavy atom.